The minimum Gasteiger partial charge on any atom is -0.335 e. The molecule has 1 aromatic rings. The maximum Gasteiger partial charge on any atom is 0.260 e. The highest BCUT2D eigenvalue weighted by atomic mass is 16.2. The number of aryl methyl sites for hydroxylation is 1. The highest BCUT2D eigenvalue weighted by molar-refractivity contribution is 5.94. The van der Waals surface area contributed by atoms with Crippen LogP contribution in [0.15, 0.2) is 16.9 Å². The first-order valence-electron chi connectivity index (χ1n) is 8.07. The van der Waals surface area contributed by atoms with Gasteiger partial charge in [0.15, 0.2) is 0 Å². The largest absolute Gasteiger partial charge is 0.335 e. The lowest BCUT2D eigenvalue weighted by molar-refractivity contribution is 0.0320. The van der Waals surface area contributed by atoms with Crippen molar-refractivity contribution in [3.63, 3.8) is 0 Å². The summed E-state index contributed by atoms with van der Waals surface area (Å²) in [5.74, 6) is 1.31. The molecule has 4 nitrogen and oxygen atoms in total. The Morgan fingerprint density at radius 3 is 2.86 bits per heavy atom. The molecule has 2 aliphatic rings. The summed E-state index contributed by atoms with van der Waals surface area (Å²) in [5, 5.41) is 0. The van der Waals surface area contributed by atoms with E-state index in [4.69, 9.17) is 0 Å². The second-order valence-electron chi connectivity index (χ2n) is 6.77. The van der Waals surface area contributed by atoms with E-state index in [0.717, 1.165) is 31.0 Å². The normalized spacial score (nSPS) is 29.0. The van der Waals surface area contributed by atoms with E-state index in [0.29, 0.717) is 17.5 Å². The van der Waals surface area contributed by atoms with E-state index in [1.165, 1.54) is 19.3 Å². The molecule has 1 aliphatic heterocycles. The van der Waals surface area contributed by atoms with Crippen LogP contribution in [0.25, 0.3) is 0 Å². The number of rotatable bonds is 1. The van der Waals surface area contributed by atoms with Gasteiger partial charge >= 0.3 is 0 Å². The maximum absolute atomic E-state index is 12.8. The van der Waals surface area contributed by atoms with Crippen LogP contribution in [0.2, 0.25) is 0 Å². The van der Waals surface area contributed by atoms with Crippen molar-refractivity contribution in [2.24, 2.45) is 11.8 Å². The Morgan fingerprint density at radius 2 is 2.10 bits per heavy atom. The van der Waals surface area contributed by atoms with Gasteiger partial charge in [-0.1, -0.05) is 6.92 Å². The fourth-order valence-electron chi connectivity index (χ4n) is 4.04. The lowest BCUT2D eigenvalue weighted by Crippen LogP contribution is -2.51. The highest BCUT2D eigenvalue weighted by Crippen LogP contribution is 2.38. The zero-order chi connectivity index (χ0) is 15.0. The van der Waals surface area contributed by atoms with E-state index in [9.17, 15) is 9.59 Å². The van der Waals surface area contributed by atoms with Gasteiger partial charge in [0.05, 0.1) is 0 Å². The summed E-state index contributed by atoms with van der Waals surface area (Å²) >= 11 is 0. The van der Waals surface area contributed by atoms with E-state index >= 15 is 0 Å². The van der Waals surface area contributed by atoms with E-state index in [1.54, 1.807) is 12.1 Å². The van der Waals surface area contributed by atoms with E-state index in [2.05, 4.69) is 11.9 Å². The number of aromatic nitrogens is 1. The molecule has 0 radical (unpaired) electrons. The van der Waals surface area contributed by atoms with Crippen molar-refractivity contribution < 1.29 is 4.79 Å². The summed E-state index contributed by atoms with van der Waals surface area (Å²) in [6.07, 6.45) is 5.78. The number of H-pyrrole nitrogens is 1. The van der Waals surface area contributed by atoms with Crippen LogP contribution in [-0.2, 0) is 0 Å². The summed E-state index contributed by atoms with van der Waals surface area (Å²) in [7, 11) is 0. The van der Waals surface area contributed by atoms with Crippen LogP contribution >= 0.6 is 0 Å². The number of carbonyl (C=O) groups excluding carboxylic acids is 1. The number of hydrogen-bond donors (Lipinski definition) is 1. The number of likely N-dealkylation sites (tertiary alicyclic amines) is 1. The van der Waals surface area contributed by atoms with Gasteiger partial charge in [-0.3, -0.25) is 9.59 Å². The third-order valence-electron chi connectivity index (χ3n) is 5.13. The van der Waals surface area contributed by atoms with Gasteiger partial charge in [0, 0.05) is 18.3 Å². The van der Waals surface area contributed by atoms with Crippen LogP contribution in [-0.4, -0.2) is 28.4 Å². The van der Waals surface area contributed by atoms with Gasteiger partial charge in [-0.15, -0.1) is 0 Å². The van der Waals surface area contributed by atoms with Gasteiger partial charge in [-0.2, -0.15) is 0 Å². The quantitative estimate of drug-likeness (QED) is 0.864. The Kier molecular flexibility index (Phi) is 3.87. The Bertz CT molecular complexity index is 593. The Hall–Kier alpha value is -1.58. The Labute approximate surface area is 125 Å². The standard InChI is InChI=1S/C17H24N2O2/c1-11-5-8-15-13(10-11)4-3-9-19(15)17(21)14-7-6-12(2)18-16(14)20/h6-7,11,13,15H,3-5,8-10H2,1-2H3,(H,18,20). The summed E-state index contributed by atoms with van der Waals surface area (Å²) in [6.45, 7) is 4.93. The number of pyridine rings is 1. The Morgan fingerprint density at radius 1 is 1.29 bits per heavy atom. The first-order chi connectivity index (χ1) is 10.1. The fourth-order valence-corrected chi connectivity index (χ4v) is 4.04. The predicted molar refractivity (Wildman–Crippen MR) is 82.4 cm³/mol. The van der Waals surface area contributed by atoms with Crippen LogP contribution in [0.5, 0.6) is 0 Å². The molecule has 4 heteroatoms. The number of nitrogens with one attached hydrogen (secondary N) is 1. The van der Waals surface area contributed by atoms with Gasteiger partial charge in [0.25, 0.3) is 11.5 Å². The van der Waals surface area contributed by atoms with Crippen LogP contribution < -0.4 is 5.56 Å². The van der Waals surface area contributed by atoms with Crippen molar-refractivity contribution in [1.29, 1.82) is 0 Å². The zero-order valence-corrected chi connectivity index (χ0v) is 12.9. The molecule has 114 valence electrons. The van der Waals surface area contributed by atoms with Crippen LogP contribution in [0, 0.1) is 18.8 Å². The highest BCUT2D eigenvalue weighted by Gasteiger charge is 2.38. The summed E-state index contributed by atoms with van der Waals surface area (Å²) in [6, 6.07) is 3.81. The van der Waals surface area contributed by atoms with Crippen molar-refractivity contribution >= 4 is 5.91 Å². The molecular formula is C17H24N2O2. The average Bonchev–Trinajstić information content (AvgIpc) is 2.45. The van der Waals surface area contributed by atoms with Crippen LogP contribution in [0.4, 0.5) is 0 Å². The van der Waals surface area contributed by atoms with Gasteiger partial charge in [0.1, 0.15) is 5.56 Å². The first-order valence-corrected chi connectivity index (χ1v) is 8.07. The molecule has 1 aromatic heterocycles. The number of carbonyl (C=O) groups is 1. The molecule has 2 heterocycles. The lowest BCUT2D eigenvalue weighted by atomic mass is 9.74. The minimum atomic E-state index is -0.258. The molecule has 0 spiro atoms. The van der Waals surface area contributed by atoms with Crippen molar-refractivity contribution in [2.75, 3.05) is 6.54 Å². The van der Waals surface area contributed by atoms with Crippen LogP contribution in [0.3, 0.4) is 0 Å². The molecular weight excluding hydrogens is 264 g/mol. The number of nitrogens with zero attached hydrogens (tertiary/aromatic N) is 1. The molecule has 21 heavy (non-hydrogen) atoms. The minimum absolute atomic E-state index is 0.0829. The lowest BCUT2D eigenvalue weighted by Gasteiger charge is -2.45. The molecule has 3 unspecified atom stereocenters. The number of amides is 1. The molecule has 1 saturated carbocycles. The monoisotopic (exact) mass is 288 g/mol. The molecule has 2 fully saturated rings. The summed E-state index contributed by atoms with van der Waals surface area (Å²) in [5.41, 5.74) is 0.825. The van der Waals surface area contributed by atoms with E-state index < -0.39 is 0 Å². The average molecular weight is 288 g/mol. The molecule has 3 rings (SSSR count). The first kappa shape index (κ1) is 14.4. The molecule has 0 bridgehead atoms. The summed E-state index contributed by atoms with van der Waals surface area (Å²) in [4.78, 5) is 29.5. The fraction of sp³-hybridized carbons (Fsp3) is 0.647. The molecule has 1 aliphatic carbocycles. The number of piperidine rings is 1. The van der Waals surface area contributed by atoms with Crippen LogP contribution in [0.1, 0.15) is 55.1 Å². The van der Waals surface area contributed by atoms with Crippen molar-refractivity contribution in [2.45, 2.75) is 52.0 Å². The van der Waals surface area contributed by atoms with Crippen molar-refractivity contribution in [3.8, 4) is 0 Å². The number of aromatic amines is 1. The Balaban J connectivity index is 1.85. The van der Waals surface area contributed by atoms with Gasteiger partial charge in [0.2, 0.25) is 0 Å². The molecule has 1 amide bonds. The molecule has 1 N–H and O–H groups in total. The van der Waals surface area contributed by atoms with Gasteiger partial charge in [-0.25, -0.2) is 0 Å². The zero-order valence-electron chi connectivity index (χ0n) is 12.9. The molecule has 0 aromatic carbocycles. The number of hydrogen-bond acceptors (Lipinski definition) is 2. The maximum atomic E-state index is 12.8. The second-order valence-corrected chi connectivity index (χ2v) is 6.77. The third kappa shape index (κ3) is 2.76. The third-order valence-corrected chi connectivity index (χ3v) is 5.13. The smallest absolute Gasteiger partial charge is 0.260 e. The topological polar surface area (TPSA) is 53.2 Å². The number of fused-ring (bicyclic) bond motifs is 1. The van der Waals surface area contributed by atoms with Crippen molar-refractivity contribution in [3.05, 3.63) is 33.7 Å². The predicted octanol–water partition coefficient (Wildman–Crippen LogP) is 2.72. The second kappa shape index (κ2) is 5.66. The molecule has 3 atom stereocenters. The van der Waals surface area contributed by atoms with Gasteiger partial charge < -0.3 is 9.88 Å². The van der Waals surface area contributed by atoms with Gasteiger partial charge in [-0.05, 0) is 63.0 Å². The van der Waals surface area contributed by atoms with E-state index in [1.807, 2.05) is 11.8 Å². The van der Waals surface area contributed by atoms with Crippen molar-refractivity contribution in [1.82, 2.24) is 9.88 Å². The SMILES string of the molecule is Cc1ccc(C(=O)N2CCCC3CC(C)CCC32)c(=O)[nH]1. The van der Waals surface area contributed by atoms with E-state index in [-0.39, 0.29) is 11.5 Å². The summed E-state index contributed by atoms with van der Waals surface area (Å²) < 4.78 is 0. The molecule has 1 saturated heterocycles.